The number of hydrogen-bond acceptors (Lipinski definition) is 4. The van der Waals surface area contributed by atoms with Crippen molar-refractivity contribution >= 4 is 21.6 Å². The molecule has 0 bridgehead atoms. The van der Waals surface area contributed by atoms with E-state index >= 15 is 0 Å². The van der Waals surface area contributed by atoms with Crippen LogP contribution in [-0.4, -0.2) is 27.6 Å². The molecule has 0 aliphatic carbocycles. The molecule has 0 aliphatic rings. The second kappa shape index (κ2) is 8.61. The molecule has 0 aromatic heterocycles. The van der Waals surface area contributed by atoms with Crippen LogP contribution in [0.5, 0.6) is 5.75 Å². The second-order valence-electron chi connectivity index (χ2n) is 4.67. The minimum absolute atomic E-state index is 0.130. The van der Waals surface area contributed by atoms with Crippen molar-refractivity contribution in [2.24, 2.45) is 5.73 Å². The molecule has 1 rings (SSSR count). The summed E-state index contributed by atoms with van der Waals surface area (Å²) in [6.07, 6.45) is 2.38. The van der Waals surface area contributed by atoms with E-state index in [1.54, 1.807) is 0 Å². The van der Waals surface area contributed by atoms with E-state index in [9.17, 15) is 17.2 Å². The van der Waals surface area contributed by atoms with E-state index < -0.39 is 16.6 Å². The van der Waals surface area contributed by atoms with Gasteiger partial charge in [-0.15, -0.1) is 0 Å². The van der Waals surface area contributed by atoms with Crippen LogP contribution in [0.15, 0.2) is 23.1 Å². The normalized spacial score (nSPS) is 13.4. The lowest BCUT2D eigenvalue weighted by atomic mass is 10.1. The minimum atomic E-state index is -3.83. The average molecular weight is 357 g/mol. The molecule has 1 unspecified atom stereocenters. The van der Waals surface area contributed by atoms with Gasteiger partial charge in [-0.2, -0.15) is 8.78 Å². The maximum Gasteiger partial charge on any atom is 0.387 e. The lowest BCUT2D eigenvalue weighted by Gasteiger charge is -2.17. The van der Waals surface area contributed by atoms with Crippen molar-refractivity contribution in [3.05, 3.63) is 23.2 Å². The van der Waals surface area contributed by atoms with Crippen molar-refractivity contribution in [1.82, 2.24) is 4.72 Å². The van der Waals surface area contributed by atoms with Gasteiger partial charge in [0.25, 0.3) is 0 Å². The summed E-state index contributed by atoms with van der Waals surface area (Å²) < 4.78 is 55.4. The third kappa shape index (κ3) is 5.68. The zero-order valence-corrected chi connectivity index (χ0v) is 13.6. The maximum atomic E-state index is 12.2. The zero-order chi connectivity index (χ0) is 16.8. The van der Waals surface area contributed by atoms with Gasteiger partial charge in [-0.05, 0) is 24.6 Å². The van der Waals surface area contributed by atoms with Gasteiger partial charge in [0.2, 0.25) is 10.0 Å². The van der Waals surface area contributed by atoms with E-state index in [0.717, 1.165) is 31.0 Å². The number of hydrogen-bond donors (Lipinski definition) is 2. The topological polar surface area (TPSA) is 81.4 Å². The molecule has 0 heterocycles. The minimum Gasteiger partial charge on any atom is -0.433 e. The highest BCUT2D eigenvalue weighted by atomic mass is 35.5. The maximum absolute atomic E-state index is 12.2. The Hall–Kier alpha value is -0.960. The van der Waals surface area contributed by atoms with E-state index in [2.05, 4.69) is 9.46 Å². The lowest BCUT2D eigenvalue weighted by molar-refractivity contribution is -0.0498. The van der Waals surface area contributed by atoms with Gasteiger partial charge in [-0.1, -0.05) is 31.4 Å². The standard InChI is InChI=1S/C13H19ClF2N2O3S/c1-2-3-4-9(8-17)18-22(19,20)10-5-6-12(11(14)7-10)21-13(15)16/h5-7,9,13,18H,2-4,8,17H2,1H3. The SMILES string of the molecule is CCCCC(CN)NS(=O)(=O)c1ccc(OC(F)F)c(Cl)c1. The first-order chi connectivity index (χ1) is 10.3. The number of unbranched alkanes of at least 4 members (excludes halogenated alkanes) is 1. The second-order valence-corrected chi connectivity index (χ2v) is 6.79. The first kappa shape index (κ1) is 19.1. The van der Waals surface area contributed by atoms with Crippen LogP contribution < -0.4 is 15.2 Å². The molecule has 0 spiro atoms. The Morgan fingerprint density at radius 3 is 2.59 bits per heavy atom. The smallest absolute Gasteiger partial charge is 0.387 e. The van der Waals surface area contributed by atoms with Crippen molar-refractivity contribution in [3.63, 3.8) is 0 Å². The summed E-state index contributed by atoms with van der Waals surface area (Å²) in [5, 5.41) is -0.207. The lowest BCUT2D eigenvalue weighted by Crippen LogP contribution is -2.40. The predicted octanol–water partition coefficient (Wildman–Crippen LogP) is 2.74. The quantitative estimate of drug-likeness (QED) is 0.712. The number of alkyl halides is 2. The molecule has 0 amide bonds. The van der Waals surface area contributed by atoms with Gasteiger partial charge in [-0.25, -0.2) is 13.1 Å². The number of sulfonamides is 1. The molecule has 0 saturated carbocycles. The summed E-state index contributed by atoms with van der Waals surface area (Å²) >= 11 is 5.76. The Kier molecular flexibility index (Phi) is 7.47. The van der Waals surface area contributed by atoms with Gasteiger partial charge in [0.05, 0.1) is 9.92 Å². The zero-order valence-electron chi connectivity index (χ0n) is 12.1. The number of halogens is 3. The fraction of sp³-hybridized carbons (Fsp3) is 0.538. The monoisotopic (exact) mass is 356 g/mol. The third-order valence-corrected chi connectivity index (χ3v) is 4.76. The highest BCUT2D eigenvalue weighted by Gasteiger charge is 2.20. The Morgan fingerprint density at radius 2 is 2.09 bits per heavy atom. The molecule has 0 radical (unpaired) electrons. The highest BCUT2D eigenvalue weighted by molar-refractivity contribution is 7.89. The number of nitrogens with one attached hydrogen (secondary N) is 1. The van der Waals surface area contributed by atoms with E-state index in [-0.39, 0.29) is 28.3 Å². The van der Waals surface area contributed by atoms with Gasteiger partial charge in [0.15, 0.2) is 0 Å². The summed E-state index contributed by atoms with van der Waals surface area (Å²) in [5.74, 6) is -0.281. The Bertz CT molecular complexity index is 585. The molecule has 0 saturated heterocycles. The van der Waals surface area contributed by atoms with E-state index in [1.165, 1.54) is 0 Å². The van der Waals surface area contributed by atoms with Crippen LogP contribution in [0, 0.1) is 0 Å². The Morgan fingerprint density at radius 1 is 1.41 bits per heavy atom. The molecule has 22 heavy (non-hydrogen) atoms. The summed E-state index contributed by atoms with van der Waals surface area (Å²) in [4.78, 5) is -0.130. The molecule has 9 heteroatoms. The summed E-state index contributed by atoms with van der Waals surface area (Å²) in [7, 11) is -3.83. The van der Waals surface area contributed by atoms with Crippen LogP contribution in [0.2, 0.25) is 5.02 Å². The Labute approximate surface area is 133 Å². The van der Waals surface area contributed by atoms with Crippen LogP contribution in [0.25, 0.3) is 0 Å². The van der Waals surface area contributed by atoms with Crippen LogP contribution in [0.1, 0.15) is 26.2 Å². The fourth-order valence-corrected chi connectivity index (χ4v) is 3.40. The van der Waals surface area contributed by atoms with Crippen molar-refractivity contribution in [2.75, 3.05) is 6.54 Å². The fourth-order valence-electron chi connectivity index (χ4n) is 1.80. The van der Waals surface area contributed by atoms with Gasteiger partial charge < -0.3 is 10.5 Å². The molecule has 0 aliphatic heterocycles. The summed E-state index contributed by atoms with van der Waals surface area (Å²) in [6, 6.07) is 2.92. The summed E-state index contributed by atoms with van der Waals surface area (Å²) in [6.45, 7) is -0.878. The number of ether oxygens (including phenoxy) is 1. The molecule has 1 aromatic carbocycles. The predicted molar refractivity (Wildman–Crippen MR) is 80.8 cm³/mol. The van der Waals surface area contributed by atoms with Crippen LogP contribution in [0.3, 0.4) is 0 Å². The van der Waals surface area contributed by atoms with Crippen LogP contribution in [-0.2, 0) is 10.0 Å². The summed E-state index contributed by atoms with van der Waals surface area (Å²) in [5.41, 5.74) is 5.55. The van der Waals surface area contributed by atoms with Gasteiger partial charge in [-0.3, -0.25) is 0 Å². The first-order valence-corrected chi connectivity index (χ1v) is 8.63. The molecule has 5 nitrogen and oxygen atoms in total. The average Bonchev–Trinajstić information content (AvgIpc) is 2.44. The number of rotatable bonds is 9. The van der Waals surface area contributed by atoms with Crippen LogP contribution in [0.4, 0.5) is 8.78 Å². The number of benzene rings is 1. The highest BCUT2D eigenvalue weighted by Crippen LogP contribution is 2.28. The molecule has 3 N–H and O–H groups in total. The van der Waals surface area contributed by atoms with E-state index in [0.29, 0.717) is 6.42 Å². The largest absolute Gasteiger partial charge is 0.433 e. The molecule has 1 atom stereocenters. The van der Waals surface area contributed by atoms with Gasteiger partial charge >= 0.3 is 6.61 Å². The molecule has 1 aromatic rings. The van der Waals surface area contributed by atoms with Crippen molar-refractivity contribution in [1.29, 1.82) is 0 Å². The molecule has 126 valence electrons. The Balaban J connectivity index is 2.90. The molecular weight excluding hydrogens is 338 g/mol. The van der Waals surface area contributed by atoms with Crippen molar-refractivity contribution in [3.8, 4) is 5.75 Å². The van der Waals surface area contributed by atoms with Crippen molar-refractivity contribution < 1.29 is 21.9 Å². The van der Waals surface area contributed by atoms with Gasteiger partial charge in [0, 0.05) is 12.6 Å². The van der Waals surface area contributed by atoms with Gasteiger partial charge in [0.1, 0.15) is 5.75 Å². The van der Waals surface area contributed by atoms with E-state index in [1.807, 2.05) is 6.92 Å². The first-order valence-electron chi connectivity index (χ1n) is 6.77. The molecule has 0 fully saturated rings. The van der Waals surface area contributed by atoms with Crippen molar-refractivity contribution in [2.45, 2.75) is 43.7 Å². The molecular formula is C13H19ClF2N2O3S. The number of nitrogens with two attached hydrogens (primary N) is 1. The van der Waals surface area contributed by atoms with E-state index in [4.69, 9.17) is 17.3 Å². The third-order valence-electron chi connectivity index (χ3n) is 2.94. The van der Waals surface area contributed by atoms with Crippen LogP contribution >= 0.6 is 11.6 Å².